The Hall–Kier alpha value is -2.18. The van der Waals surface area contributed by atoms with Crippen LogP contribution in [0.25, 0.3) is 11.6 Å². The highest BCUT2D eigenvalue weighted by atomic mass is 16.4. The van der Waals surface area contributed by atoms with Crippen LogP contribution in [-0.4, -0.2) is 31.3 Å². The van der Waals surface area contributed by atoms with Crippen LogP contribution in [0.15, 0.2) is 16.5 Å². The van der Waals surface area contributed by atoms with Crippen LogP contribution in [0.3, 0.4) is 0 Å². The van der Waals surface area contributed by atoms with E-state index >= 15 is 0 Å². The Labute approximate surface area is 110 Å². The lowest BCUT2D eigenvalue weighted by Crippen LogP contribution is -2.16. The normalized spacial score (nSPS) is 12.5. The molecule has 7 heteroatoms. The van der Waals surface area contributed by atoms with Gasteiger partial charge in [0, 0.05) is 0 Å². The van der Waals surface area contributed by atoms with Gasteiger partial charge in [0.05, 0.1) is 12.5 Å². The van der Waals surface area contributed by atoms with Gasteiger partial charge in [0.25, 0.3) is 0 Å². The van der Waals surface area contributed by atoms with E-state index in [1.807, 2.05) is 19.9 Å². The van der Waals surface area contributed by atoms with E-state index in [9.17, 15) is 4.79 Å². The van der Waals surface area contributed by atoms with Crippen LogP contribution >= 0.6 is 0 Å². The average Bonchev–Trinajstić information content (AvgIpc) is 2.95. The zero-order chi connectivity index (χ0) is 13.8. The second-order valence-corrected chi connectivity index (χ2v) is 4.40. The maximum absolute atomic E-state index is 10.9. The number of aryl methyl sites for hydroxylation is 1. The van der Waals surface area contributed by atoms with Gasteiger partial charge in [-0.2, -0.15) is 0 Å². The van der Waals surface area contributed by atoms with Crippen molar-refractivity contribution in [3.05, 3.63) is 17.9 Å². The van der Waals surface area contributed by atoms with Crippen LogP contribution in [-0.2, 0) is 4.79 Å². The molecular formula is C12H16N4O3. The lowest BCUT2D eigenvalue weighted by Gasteiger charge is -2.14. The Morgan fingerprint density at radius 3 is 2.89 bits per heavy atom. The van der Waals surface area contributed by atoms with E-state index in [0.717, 1.165) is 12.2 Å². The molecule has 0 bridgehead atoms. The zero-order valence-corrected chi connectivity index (χ0v) is 10.9. The molecule has 0 fully saturated rings. The van der Waals surface area contributed by atoms with E-state index in [0.29, 0.717) is 18.0 Å². The molecule has 19 heavy (non-hydrogen) atoms. The third-order valence-electron chi connectivity index (χ3n) is 2.83. The summed E-state index contributed by atoms with van der Waals surface area (Å²) in [4.78, 5) is 10.9. The van der Waals surface area contributed by atoms with Gasteiger partial charge in [0.2, 0.25) is 5.82 Å². The number of carboxylic acid groups (broad SMARTS) is 1. The highest BCUT2D eigenvalue weighted by molar-refractivity contribution is 5.67. The Balaban J connectivity index is 2.33. The summed E-state index contributed by atoms with van der Waals surface area (Å²) in [6.45, 7) is 3.83. The summed E-state index contributed by atoms with van der Waals surface area (Å²) >= 11 is 0. The first-order valence-electron chi connectivity index (χ1n) is 6.18. The molecule has 0 amide bonds. The first-order valence-corrected chi connectivity index (χ1v) is 6.18. The lowest BCUT2D eigenvalue weighted by atomic mass is 10.1. The molecule has 2 rings (SSSR count). The van der Waals surface area contributed by atoms with Crippen LogP contribution < -0.4 is 0 Å². The van der Waals surface area contributed by atoms with Gasteiger partial charge in [-0.05, 0) is 35.9 Å². The van der Waals surface area contributed by atoms with Gasteiger partial charge in [-0.15, -0.1) is 5.10 Å². The number of hydrogen-bond acceptors (Lipinski definition) is 5. The molecular weight excluding hydrogens is 248 g/mol. The van der Waals surface area contributed by atoms with Crippen LogP contribution in [0, 0.1) is 6.92 Å². The van der Waals surface area contributed by atoms with Crippen molar-refractivity contribution in [1.29, 1.82) is 0 Å². The monoisotopic (exact) mass is 264 g/mol. The summed E-state index contributed by atoms with van der Waals surface area (Å²) in [6, 6.07) is 3.33. The summed E-state index contributed by atoms with van der Waals surface area (Å²) in [5.41, 5.74) is 0. The fourth-order valence-electron chi connectivity index (χ4n) is 2.00. The summed E-state index contributed by atoms with van der Waals surface area (Å²) < 4.78 is 7.03. The fourth-order valence-corrected chi connectivity index (χ4v) is 2.00. The molecule has 0 saturated carbocycles. The topological polar surface area (TPSA) is 94.0 Å². The molecule has 0 radical (unpaired) electrons. The molecule has 7 nitrogen and oxygen atoms in total. The van der Waals surface area contributed by atoms with E-state index in [2.05, 4.69) is 15.5 Å². The SMILES string of the molecule is CCCC(CC(=O)O)n1nnnc1-c1ccc(C)o1. The van der Waals surface area contributed by atoms with Crippen molar-refractivity contribution in [2.45, 2.75) is 39.2 Å². The van der Waals surface area contributed by atoms with Crippen molar-refractivity contribution in [3.8, 4) is 11.6 Å². The Morgan fingerprint density at radius 2 is 2.32 bits per heavy atom. The van der Waals surface area contributed by atoms with Crippen LogP contribution in [0.1, 0.15) is 38.0 Å². The number of carbonyl (C=O) groups is 1. The van der Waals surface area contributed by atoms with E-state index < -0.39 is 5.97 Å². The van der Waals surface area contributed by atoms with E-state index in [1.54, 1.807) is 6.07 Å². The summed E-state index contributed by atoms with van der Waals surface area (Å²) in [5.74, 6) is 0.909. The Morgan fingerprint density at radius 1 is 1.53 bits per heavy atom. The van der Waals surface area contributed by atoms with E-state index in [-0.39, 0.29) is 12.5 Å². The third kappa shape index (κ3) is 2.98. The molecule has 1 unspecified atom stereocenters. The highest BCUT2D eigenvalue weighted by Crippen LogP contribution is 2.25. The minimum absolute atomic E-state index is 0.00836. The third-order valence-corrected chi connectivity index (χ3v) is 2.83. The van der Waals surface area contributed by atoms with E-state index in [4.69, 9.17) is 9.52 Å². The first-order chi connectivity index (χ1) is 9.11. The van der Waals surface area contributed by atoms with Gasteiger partial charge in [-0.25, -0.2) is 4.68 Å². The van der Waals surface area contributed by atoms with Crippen molar-refractivity contribution in [2.24, 2.45) is 0 Å². The van der Waals surface area contributed by atoms with Crippen molar-refractivity contribution in [2.75, 3.05) is 0 Å². The molecule has 1 N–H and O–H groups in total. The second kappa shape index (κ2) is 5.64. The van der Waals surface area contributed by atoms with Gasteiger partial charge < -0.3 is 9.52 Å². The quantitative estimate of drug-likeness (QED) is 0.858. The lowest BCUT2D eigenvalue weighted by molar-refractivity contribution is -0.138. The van der Waals surface area contributed by atoms with Crippen LogP contribution in [0.2, 0.25) is 0 Å². The van der Waals surface area contributed by atoms with Crippen LogP contribution in [0.5, 0.6) is 0 Å². The van der Waals surface area contributed by atoms with Gasteiger partial charge in [0.1, 0.15) is 5.76 Å². The van der Waals surface area contributed by atoms with Crippen molar-refractivity contribution in [1.82, 2.24) is 20.2 Å². The molecule has 1 atom stereocenters. The van der Waals surface area contributed by atoms with Gasteiger partial charge in [-0.1, -0.05) is 13.3 Å². The number of rotatable bonds is 6. The standard InChI is InChI=1S/C12H16N4O3/c1-3-4-9(7-11(17)18)16-12(13-14-15-16)10-6-5-8(2)19-10/h5-6,9H,3-4,7H2,1-2H3,(H,17,18). The fraction of sp³-hybridized carbons (Fsp3) is 0.500. The molecule has 102 valence electrons. The largest absolute Gasteiger partial charge is 0.481 e. The Kier molecular flexibility index (Phi) is 3.94. The molecule has 0 spiro atoms. The maximum Gasteiger partial charge on any atom is 0.305 e. The maximum atomic E-state index is 10.9. The molecule has 0 aliphatic carbocycles. The number of nitrogens with zero attached hydrogens (tertiary/aromatic N) is 4. The van der Waals surface area contributed by atoms with Gasteiger partial charge in [-0.3, -0.25) is 4.79 Å². The second-order valence-electron chi connectivity index (χ2n) is 4.40. The molecule has 2 aromatic rings. The molecule has 0 aliphatic heterocycles. The Bertz CT molecular complexity index is 561. The van der Waals surface area contributed by atoms with Crippen LogP contribution in [0.4, 0.5) is 0 Å². The minimum Gasteiger partial charge on any atom is -0.481 e. The number of carboxylic acids is 1. The number of aliphatic carboxylic acids is 1. The number of hydrogen-bond donors (Lipinski definition) is 1. The number of furan rings is 1. The van der Waals surface area contributed by atoms with Gasteiger partial charge in [0.15, 0.2) is 5.76 Å². The predicted octanol–water partition coefficient (Wildman–Crippen LogP) is 2.06. The van der Waals surface area contributed by atoms with Crippen molar-refractivity contribution >= 4 is 5.97 Å². The van der Waals surface area contributed by atoms with Crippen molar-refractivity contribution in [3.63, 3.8) is 0 Å². The predicted molar refractivity (Wildman–Crippen MR) is 66.5 cm³/mol. The summed E-state index contributed by atoms with van der Waals surface area (Å²) in [7, 11) is 0. The summed E-state index contributed by atoms with van der Waals surface area (Å²) in [6.07, 6.45) is 1.55. The molecule has 0 aromatic carbocycles. The summed E-state index contributed by atoms with van der Waals surface area (Å²) in [5, 5.41) is 20.4. The number of aromatic nitrogens is 4. The van der Waals surface area contributed by atoms with E-state index in [1.165, 1.54) is 4.68 Å². The molecule has 0 saturated heterocycles. The first kappa shape index (κ1) is 13.3. The highest BCUT2D eigenvalue weighted by Gasteiger charge is 2.22. The zero-order valence-electron chi connectivity index (χ0n) is 10.9. The van der Waals surface area contributed by atoms with Crippen molar-refractivity contribution < 1.29 is 14.3 Å². The number of tetrazole rings is 1. The molecule has 0 aliphatic rings. The average molecular weight is 264 g/mol. The minimum atomic E-state index is -0.865. The molecule has 2 aromatic heterocycles. The smallest absolute Gasteiger partial charge is 0.305 e. The molecule has 2 heterocycles. The van der Waals surface area contributed by atoms with Gasteiger partial charge >= 0.3 is 5.97 Å².